The van der Waals surface area contributed by atoms with Gasteiger partial charge in [-0.3, -0.25) is 9.59 Å². The number of benzene rings is 3. The zero-order valence-electron chi connectivity index (χ0n) is 18.9. The summed E-state index contributed by atoms with van der Waals surface area (Å²) >= 11 is 18.5. The van der Waals surface area contributed by atoms with Crippen molar-refractivity contribution in [2.24, 2.45) is 0 Å². The van der Waals surface area contributed by atoms with E-state index in [0.29, 0.717) is 28.0 Å². The number of carbonyl (C=O) groups excluding carboxylic acids is 2. The van der Waals surface area contributed by atoms with Gasteiger partial charge in [0, 0.05) is 24.5 Å². The second-order valence-electron chi connectivity index (χ2n) is 8.07. The van der Waals surface area contributed by atoms with E-state index in [1.165, 1.54) is 0 Å². The molecule has 3 aromatic carbocycles. The van der Waals surface area contributed by atoms with Crippen molar-refractivity contribution >= 4 is 46.6 Å². The molecule has 0 saturated heterocycles. The first-order valence-corrected chi connectivity index (χ1v) is 12.3. The molecule has 178 valence electrons. The highest BCUT2D eigenvalue weighted by atomic mass is 35.5. The second-order valence-corrected chi connectivity index (χ2v) is 9.32. The van der Waals surface area contributed by atoms with Crippen molar-refractivity contribution in [2.75, 3.05) is 6.54 Å². The number of nitrogens with zero attached hydrogens (tertiary/aromatic N) is 1. The largest absolute Gasteiger partial charge is 0.354 e. The van der Waals surface area contributed by atoms with Crippen molar-refractivity contribution in [1.29, 1.82) is 0 Å². The maximum atomic E-state index is 13.6. The second kappa shape index (κ2) is 12.8. The van der Waals surface area contributed by atoms with Crippen LogP contribution in [0, 0.1) is 0 Å². The maximum absolute atomic E-state index is 13.6. The lowest BCUT2D eigenvalue weighted by molar-refractivity contribution is -0.140. The van der Waals surface area contributed by atoms with Crippen LogP contribution >= 0.6 is 34.8 Å². The van der Waals surface area contributed by atoms with Gasteiger partial charge in [-0.2, -0.15) is 0 Å². The van der Waals surface area contributed by atoms with Crippen LogP contribution in [0.15, 0.2) is 72.8 Å². The van der Waals surface area contributed by atoms with Gasteiger partial charge in [0.2, 0.25) is 11.8 Å². The first-order valence-electron chi connectivity index (χ1n) is 11.2. The summed E-state index contributed by atoms with van der Waals surface area (Å²) in [5.41, 5.74) is 2.54. The Hall–Kier alpha value is -2.53. The minimum atomic E-state index is -0.699. The molecule has 4 nitrogen and oxygen atoms in total. The number of hydrogen-bond donors (Lipinski definition) is 1. The number of nitrogens with one attached hydrogen (secondary N) is 1. The summed E-state index contributed by atoms with van der Waals surface area (Å²) in [6.45, 7) is 2.74. The Morgan fingerprint density at radius 3 is 2.26 bits per heavy atom. The van der Waals surface area contributed by atoms with E-state index in [1.807, 2.05) is 55.5 Å². The van der Waals surface area contributed by atoms with Crippen molar-refractivity contribution in [3.8, 4) is 0 Å². The molecule has 0 spiro atoms. The van der Waals surface area contributed by atoms with Crippen LogP contribution in [0.1, 0.15) is 30.0 Å². The van der Waals surface area contributed by atoms with E-state index in [9.17, 15) is 9.59 Å². The molecule has 0 fully saturated rings. The van der Waals surface area contributed by atoms with Gasteiger partial charge in [-0.15, -0.1) is 0 Å². The van der Waals surface area contributed by atoms with Gasteiger partial charge >= 0.3 is 0 Å². The summed E-state index contributed by atoms with van der Waals surface area (Å²) in [5.74, 6) is -0.369. The average molecular weight is 518 g/mol. The Bertz CT molecular complexity index is 1120. The molecule has 0 aliphatic carbocycles. The molecule has 2 amide bonds. The summed E-state index contributed by atoms with van der Waals surface area (Å²) < 4.78 is 0. The van der Waals surface area contributed by atoms with Gasteiger partial charge in [0.1, 0.15) is 6.04 Å². The van der Waals surface area contributed by atoms with E-state index in [4.69, 9.17) is 34.8 Å². The highest BCUT2D eigenvalue weighted by Gasteiger charge is 2.30. The van der Waals surface area contributed by atoms with Crippen LogP contribution in [0.25, 0.3) is 0 Å². The molecule has 0 aromatic heterocycles. The summed E-state index contributed by atoms with van der Waals surface area (Å²) in [4.78, 5) is 28.6. The number of amides is 2. The van der Waals surface area contributed by atoms with Crippen LogP contribution in [0.3, 0.4) is 0 Å². The van der Waals surface area contributed by atoms with Gasteiger partial charge < -0.3 is 10.2 Å². The molecule has 0 saturated carbocycles. The maximum Gasteiger partial charge on any atom is 0.243 e. The Morgan fingerprint density at radius 1 is 0.853 bits per heavy atom. The van der Waals surface area contributed by atoms with E-state index in [0.717, 1.165) is 23.1 Å². The molecule has 7 heteroatoms. The van der Waals surface area contributed by atoms with Crippen LogP contribution in [0.5, 0.6) is 0 Å². The number of rotatable bonds is 10. The van der Waals surface area contributed by atoms with E-state index in [-0.39, 0.29) is 24.8 Å². The molecule has 1 N–H and O–H groups in total. The van der Waals surface area contributed by atoms with Crippen molar-refractivity contribution in [2.45, 2.75) is 38.8 Å². The van der Waals surface area contributed by atoms with Crippen molar-refractivity contribution < 1.29 is 9.59 Å². The van der Waals surface area contributed by atoms with E-state index >= 15 is 0 Å². The Balaban J connectivity index is 1.97. The number of hydrogen-bond acceptors (Lipinski definition) is 2. The first kappa shape index (κ1) is 26.1. The molecule has 0 aliphatic rings. The van der Waals surface area contributed by atoms with E-state index in [1.54, 1.807) is 29.2 Å². The van der Waals surface area contributed by atoms with Crippen molar-refractivity contribution in [3.63, 3.8) is 0 Å². The smallest absolute Gasteiger partial charge is 0.243 e. The molecule has 0 radical (unpaired) electrons. The Labute approximate surface area is 215 Å². The molecule has 0 heterocycles. The summed E-state index contributed by atoms with van der Waals surface area (Å²) in [7, 11) is 0. The molecule has 0 bridgehead atoms. The molecular formula is C27H27Cl3N2O2. The zero-order valence-corrected chi connectivity index (χ0v) is 21.2. The van der Waals surface area contributed by atoms with Crippen LogP contribution in [0.4, 0.5) is 0 Å². The lowest BCUT2D eigenvalue weighted by Crippen LogP contribution is -2.51. The van der Waals surface area contributed by atoms with E-state index in [2.05, 4.69) is 5.32 Å². The van der Waals surface area contributed by atoms with Crippen LogP contribution in [-0.4, -0.2) is 29.3 Å². The Kier molecular flexibility index (Phi) is 9.82. The predicted octanol–water partition coefficient (Wildman–Crippen LogP) is 6.36. The SMILES string of the molecule is CCCNC(=O)[C@@H](Cc1ccccc1)N(Cc1ccc(Cl)c(Cl)c1)C(=O)Cc1cccc(Cl)c1. The van der Waals surface area contributed by atoms with Crippen molar-refractivity contribution in [3.05, 3.63) is 105 Å². The van der Waals surface area contributed by atoms with Gasteiger partial charge in [0.05, 0.1) is 16.5 Å². The lowest BCUT2D eigenvalue weighted by Gasteiger charge is -2.32. The first-order chi connectivity index (χ1) is 16.4. The molecular weight excluding hydrogens is 491 g/mol. The minimum absolute atomic E-state index is 0.119. The van der Waals surface area contributed by atoms with Gasteiger partial charge in [-0.25, -0.2) is 0 Å². The third-order valence-electron chi connectivity index (χ3n) is 5.40. The third-order valence-corrected chi connectivity index (χ3v) is 6.38. The summed E-state index contributed by atoms with van der Waals surface area (Å²) in [6.07, 6.45) is 1.31. The van der Waals surface area contributed by atoms with Crippen LogP contribution in [-0.2, 0) is 29.0 Å². The topological polar surface area (TPSA) is 49.4 Å². The van der Waals surface area contributed by atoms with Crippen LogP contribution < -0.4 is 5.32 Å². The van der Waals surface area contributed by atoms with Gasteiger partial charge in [-0.1, -0.05) is 90.3 Å². The normalized spacial score (nSPS) is 11.6. The van der Waals surface area contributed by atoms with Crippen molar-refractivity contribution in [1.82, 2.24) is 10.2 Å². The minimum Gasteiger partial charge on any atom is -0.354 e. The highest BCUT2D eigenvalue weighted by Crippen LogP contribution is 2.25. The standard InChI is InChI=1S/C27H27Cl3N2O2/c1-2-13-31-27(34)25(16-19-7-4-3-5-8-19)32(18-21-11-12-23(29)24(30)15-21)26(33)17-20-9-6-10-22(28)14-20/h3-12,14-15,25H,2,13,16-18H2,1H3,(H,31,34)/t25-/m1/s1. The molecule has 34 heavy (non-hydrogen) atoms. The molecule has 0 aliphatic heterocycles. The van der Waals surface area contributed by atoms with Gasteiger partial charge in [0.15, 0.2) is 0 Å². The monoisotopic (exact) mass is 516 g/mol. The molecule has 0 unspecified atom stereocenters. The lowest BCUT2D eigenvalue weighted by atomic mass is 10.0. The molecule has 3 rings (SSSR count). The highest BCUT2D eigenvalue weighted by molar-refractivity contribution is 6.42. The fourth-order valence-corrected chi connectivity index (χ4v) is 4.21. The third kappa shape index (κ3) is 7.49. The summed E-state index contributed by atoms with van der Waals surface area (Å²) in [5, 5.41) is 4.36. The quantitative estimate of drug-likeness (QED) is 0.340. The fourth-order valence-electron chi connectivity index (χ4n) is 3.68. The van der Waals surface area contributed by atoms with Gasteiger partial charge in [0.25, 0.3) is 0 Å². The van der Waals surface area contributed by atoms with Gasteiger partial charge in [-0.05, 0) is 47.4 Å². The van der Waals surface area contributed by atoms with E-state index < -0.39 is 6.04 Å². The predicted molar refractivity (Wildman–Crippen MR) is 139 cm³/mol. The zero-order chi connectivity index (χ0) is 24.5. The number of carbonyl (C=O) groups is 2. The molecule has 1 atom stereocenters. The fraction of sp³-hybridized carbons (Fsp3) is 0.259. The van der Waals surface area contributed by atoms with Crippen LogP contribution in [0.2, 0.25) is 15.1 Å². The summed E-state index contributed by atoms with van der Waals surface area (Å²) in [6, 6.07) is 21.4. The number of halogens is 3. The average Bonchev–Trinajstić information content (AvgIpc) is 2.82. The Morgan fingerprint density at radius 2 is 1.59 bits per heavy atom. The molecule has 3 aromatic rings.